The van der Waals surface area contributed by atoms with E-state index >= 15 is 0 Å². The summed E-state index contributed by atoms with van der Waals surface area (Å²) in [6.45, 7) is 6.27. The number of methoxy groups -OCH3 is 1. The van der Waals surface area contributed by atoms with Gasteiger partial charge in [0.2, 0.25) is 0 Å². The number of ether oxygens (including phenoxy) is 3. The number of amides is 1. The van der Waals surface area contributed by atoms with Gasteiger partial charge in [-0.25, -0.2) is 0 Å². The highest BCUT2D eigenvalue weighted by Crippen LogP contribution is 2.29. The number of nitrogens with one attached hydrogen (secondary N) is 1. The first-order chi connectivity index (χ1) is 15.1. The molecule has 0 bridgehead atoms. The Morgan fingerprint density at radius 2 is 2.06 bits per heavy atom. The maximum Gasteiger partial charge on any atom is 0.252 e. The van der Waals surface area contributed by atoms with Crippen LogP contribution in [0.4, 0.5) is 0 Å². The van der Waals surface area contributed by atoms with Crippen LogP contribution in [-0.4, -0.2) is 38.1 Å². The summed E-state index contributed by atoms with van der Waals surface area (Å²) in [6.07, 6.45) is 3.50. The van der Waals surface area contributed by atoms with Crippen LogP contribution in [0.25, 0.3) is 0 Å². The lowest BCUT2D eigenvalue weighted by atomic mass is 10.1. The highest BCUT2D eigenvalue weighted by atomic mass is 32.2. The smallest absolute Gasteiger partial charge is 0.252 e. The average Bonchev–Trinajstić information content (AvgIpc) is 3.30. The number of hydrogen-bond acceptors (Lipinski definition) is 5. The van der Waals surface area contributed by atoms with E-state index in [1.165, 1.54) is 0 Å². The van der Waals surface area contributed by atoms with Crippen LogP contribution < -0.4 is 14.8 Å². The van der Waals surface area contributed by atoms with Gasteiger partial charge < -0.3 is 19.5 Å². The molecule has 1 amide bonds. The number of thioether (sulfide) groups is 1. The normalized spacial score (nSPS) is 15.8. The highest BCUT2D eigenvalue weighted by molar-refractivity contribution is 7.99. The fourth-order valence-electron chi connectivity index (χ4n) is 3.36. The molecule has 2 aromatic carbocycles. The van der Waals surface area contributed by atoms with Gasteiger partial charge in [0.25, 0.3) is 5.91 Å². The predicted molar refractivity (Wildman–Crippen MR) is 125 cm³/mol. The van der Waals surface area contributed by atoms with Crippen molar-refractivity contribution in [2.24, 2.45) is 5.92 Å². The molecule has 2 aromatic rings. The number of carbonyl (C=O) groups excluding carboxylic acids is 1. The molecule has 3 rings (SSSR count). The Labute approximate surface area is 189 Å². The molecule has 1 atom stereocenters. The third kappa shape index (κ3) is 7.18. The zero-order chi connectivity index (χ0) is 22.1. The third-order valence-electron chi connectivity index (χ3n) is 5.21. The van der Waals surface area contributed by atoms with Gasteiger partial charge in [-0.1, -0.05) is 32.0 Å². The van der Waals surface area contributed by atoms with Crippen molar-refractivity contribution in [1.82, 2.24) is 5.32 Å². The molecule has 6 heteroatoms. The van der Waals surface area contributed by atoms with Crippen molar-refractivity contribution < 1.29 is 19.0 Å². The van der Waals surface area contributed by atoms with Gasteiger partial charge in [0, 0.05) is 23.8 Å². The van der Waals surface area contributed by atoms with Crippen molar-refractivity contribution in [1.29, 1.82) is 0 Å². The molecule has 1 saturated heterocycles. The van der Waals surface area contributed by atoms with Gasteiger partial charge in [-0.3, -0.25) is 4.79 Å². The molecule has 0 aromatic heterocycles. The molecular weight excluding hydrogens is 410 g/mol. The summed E-state index contributed by atoms with van der Waals surface area (Å²) in [5.74, 6) is 2.80. The molecule has 0 saturated carbocycles. The first-order valence-electron chi connectivity index (χ1n) is 11.0. The molecule has 1 aliphatic rings. The van der Waals surface area contributed by atoms with E-state index in [4.69, 9.17) is 14.2 Å². The van der Waals surface area contributed by atoms with Gasteiger partial charge in [-0.15, -0.1) is 11.8 Å². The molecule has 1 aliphatic heterocycles. The zero-order valence-corrected chi connectivity index (χ0v) is 19.5. The van der Waals surface area contributed by atoms with Crippen molar-refractivity contribution in [2.75, 3.05) is 26.1 Å². The van der Waals surface area contributed by atoms with Crippen LogP contribution in [0.3, 0.4) is 0 Å². The van der Waals surface area contributed by atoms with Crippen LogP contribution in [0, 0.1) is 5.92 Å². The second-order valence-electron chi connectivity index (χ2n) is 8.14. The van der Waals surface area contributed by atoms with Crippen molar-refractivity contribution >= 4 is 17.7 Å². The van der Waals surface area contributed by atoms with Gasteiger partial charge in [-0.2, -0.15) is 0 Å². The number of benzene rings is 2. The lowest BCUT2D eigenvalue weighted by Crippen LogP contribution is -2.23. The Bertz CT molecular complexity index is 849. The molecular formula is C25H33NO4S. The molecule has 0 spiro atoms. The van der Waals surface area contributed by atoms with Crippen molar-refractivity contribution in [3.8, 4) is 11.5 Å². The molecule has 168 valence electrons. The molecule has 0 aliphatic carbocycles. The Hall–Kier alpha value is -2.18. The van der Waals surface area contributed by atoms with Crippen LogP contribution >= 0.6 is 11.8 Å². The standard InChI is InChI=1S/C25H33NO4S/c1-18(2)12-14-30-22-11-10-19(15-23(22)28-3)16-26-25(27)21-8-4-5-9-24(21)31-17-20-7-6-13-29-20/h4-5,8-11,15,18,20H,6-7,12-14,16-17H2,1-3H3,(H,26,27). The van der Waals surface area contributed by atoms with Crippen molar-refractivity contribution in [3.63, 3.8) is 0 Å². The molecule has 0 radical (unpaired) electrons. The fourth-order valence-corrected chi connectivity index (χ4v) is 4.48. The monoisotopic (exact) mass is 443 g/mol. The van der Waals surface area contributed by atoms with E-state index in [0.717, 1.165) is 47.8 Å². The number of carbonyl (C=O) groups is 1. The Kier molecular flexibility index (Phi) is 9.10. The minimum atomic E-state index is -0.0772. The lowest BCUT2D eigenvalue weighted by Gasteiger charge is -2.14. The predicted octanol–water partition coefficient (Wildman–Crippen LogP) is 5.32. The largest absolute Gasteiger partial charge is 0.493 e. The summed E-state index contributed by atoms with van der Waals surface area (Å²) in [5.41, 5.74) is 1.66. The first kappa shape index (κ1) is 23.5. The number of hydrogen-bond donors (Lipinski definition) is 1. The van der Waals surface area contributed by atoms with Gasteiger partial charge >= 0.3 is 0 Å². The van der Waals surface area contributed by atoms with Gasteiger partial charge in [0.15, 0.2) is 11.5 Å². The maximum absolute atomic E-state index is 12.8. The quantitative estimate of drug-likeness (QED) is 0.476. The van der Waals surface area contributed by atoms with E-state index < -0.39 is 0 Å². The Morgan fingerprint density at radius 1 is 1.23 bits per heavy atom. The van der Waals surface area contributed by atoms with Crippen LogP contribution in [-0.2, 0) is 11.3 Å². The van der Waals surface area contributed by atoms with Crippen LogP contribution in [0.5, 0.6) is 11.5 Å². The average molecular weight is 444 g/mol. The van der Waals surface area contributed by atoms with Crippen LogP contribution in [0.15, 0.2) is 47.4 Å². The minimum absolute atomic E-state index is 0.0772. The third-order valence-corrected chi connectivity index (χ3v) is 6.42. The summed E-state index contributed by atoms with van der Waals surface area (Å²) in [7, 11) is 1.63. The lowest BCUT2D eigenvalue weighted by molar-refractivity contribution is 0.0947. The summed E-state index contributed by atoms with van der Waals surface area (Å²) in [4.78, 5) is 13.8. The van der Waals surface area contributed by atoms with Gasteiger partial charge in [-0.05, 0) is 55.0 Å². The van der Waals surface area contributed by atoms with Crippen molar-refractivity contribution in [2.45, 2.75) is 50.7 Å². The summed E-state index contributed by atoms with van der Waals surface area (Å²) >= 11 is 1.69. The van der Waals surface area contributed by atoms with E-state index in [-0.39, 0.29) is 12.0 Å². The molecule has 5 nitrogen and oxygen atoms in total. The summed E-state index contributed by atoms with van der Waals surface area (Å²) in [6, 6.07) is 13.5. The minimum Gasteiger partial charge on any atom is -0.493 e. The first-order valence-corrected chi connectivity index (χ1v) is 12.0. The van der Waals surface area contributed by atoms with E-state index in [2.05, 4.69) is 19.2 Å². The van der Waals surface area contributed by atoms with E-state index in [1.54, 1.807) is 18.9 Å². The van der Waals surface area contributed by atoms with E-state index in [0.29, 0.717) is 30.4 Å². The molecule has 31 heavy (non-hydrogen) atoms. The molecule has 1 fully saturated rings. The maximum atomic E-state index is 12.8. The highest BCUT2D eigenvalue weighted by Gasteiger charge is 2.18. The van der Waals surface area contributed by atoms with E-state index in [9.17, 15) is 4.79 Å². The SMILES string of the molecule is COc1cc(CNC(=O)c2ccccc2SCC2CCCO2)ccc1OCCC(C)C. The summed E-state index contributed by atoms with van der Waals surface area (Å²) in [5, 5.41) is 3.03. The van der Waals surface area contributed by atoms with Crippen LogP contribution in [0.1, 0.15) is 49.0 Å². The summed E-state index contributed by atoms with van der Waals surface area (Å²) < 4.78 is 17.0. The molecule has 1 heterocycles. The fraction of sp³-hybridized carbons (Fsp3) is 0.480. The Morgan fingerprint density at radius 3 is 2.81 bits per heavy atom. The van der Waals surface area contributed by atoms with E-state index in [1.807, 2.05) is 42.5 Å². The van der Waals surface area contributed by atoms with Crippen LogP contribution in [0.2, 0.25) is 0 Å². The van der Waals surface area contributed by atoms with Crippen molar-refractivity contribution in [3.05, 3.63) is 53.6 Å². The zero-order valence-electron chi connectivity index (χ0n) is 18.7. The number of rotatable bonds is 11. The second kappa shape index (κ2) is 12.0. The van der Waals surface area contributed by atoms with Gasteiger partial charge in [0.1, 0.15) is 0 Å². The molecule has 1 unspecified atom stereocenters. The molecule has 1 N–H and O–H groups in total. The second-order valence-corrected chi connectivity index (χ2v) is 9.20. The Balaban J connectivity index is 1.57. The van der Waals surface area contributed by atoms with Gasteiger partial charge in [0.05, 0.1) is 25.4 Å². The topological polar surface area (TPSA) is 56.8 Å².